The van der Waals surface area contributed by atoms with Crippen LogP contribution in [-0.4, -0.2) is 47.1 Å². The smallest absolute Gasteiger partial charge is 0.252 e. The predicted octanol–water partition coefficient (Wildman–Crippen LogP) is 4.16. The largest absolute Gasteiger partial charge is 0.378 e. The number of rotatable bonds is 5. The van der Waals surface area contributed by atoms with E-state index < -0.39 is 5.91 Å². The fraction of sp³-hybridized carbons (Fsp3) is 0.250. The van der Waals surface area contributed by atoms with E-state index in [1.807, 2.05) is 31.1 Å². The number of amides is 2. The minimum absolute atomic E-state index is 0.117. The third-order valence-corrected chi connectivity index (χ3v) is 6.26. The summed E-state index contributed by atoms with van der Waals surface area (Å²) in [7, 11) is 3.79. The van der Waals surface area contributed by atoms with Gasteiger partial charge in [0.2, 0.25) is 11.6 Å². The van der Waals surface area contributed by atoms with Crippen molar-refractivity contribution in [2.75, 3.05) is 25.5 Å². The maximum atomic E-state index is 13.0. The summed E-state index contributed by atoms with van der Waals surface area (Å²) in [6, 6.07) is 10.4. The summed E-state index contributed by atoms with van der Waals surface area (Å²) >= 11 is 12.4. The van der Waals surface area contributed by atoms with Gasteiger partial charge >= 0.3 is 0 Å². The molecule has 2 amide bonds. The number of nitrogens with zero attached hydrogens (tertiary/aromatic N) is 5. The van der Waals surface area contributed by atoms with Gasteiger partial charge in [-0.15, -0.1) is 0 Å². The van der Waals surface area contributed by atoms with Crippen molar-refractivity contribution >= 4 is 46.4 Å². The second-order valence-electron chi connectivity index (χ2n) is 8.24. The molecule has 2 heterocycles. The lowest BCUT2D eigenvalue weighted by atomic mass is 10.0. The van der Waals surface area contributed by atoms with Crippen molar-refractivity contribution in [2.24, 2.45) is 5.73 Å². The Balaban J connectivity index is 1.64. The SMILES string of the molecule is [C-]#[N+]c1ccc(CC(=O)N2CCn3nc(-c4cc(Cl)cc(N(C)C)c4)c(C(N)=O)c3C2)cc1Cl. The van der Waals surface area contributed by atoms with Crippen molar-refractivity contribution in [3.8, 4) is 11.3 Å². The Labute approximate surface area is 207 Å². The molecule has 34 heavy (non-hydrogen) atoms. The molecule has 174 valence electrons. The predicted molar refractivity (Wildman–Crippen MR) is 132 cm³/mol. The number of carbonyl (C=O) groups excluding carboxylic acids is 2. The molecule has 0 radical (unpaired) electrons. The van der Waals surface area contributed by atoms with E-state index in [0.29, 0.717) is 51.3 Å². The van der Waals surface area contributed by atoms with Crippen LogP contribution in [0.4, 0.5) is 11.4 Å². The molecular formula is C24H22Cl2N6O2. The lowest BCUT2D eigenvalue weighted by Gasteiger charge is -2.28. The molecule has 0 unspecified atom stereocenters. The van der Waals surface area contributed by atoms with E-state index in [1.165, 1.54) is 0 Å². The molecule has 0 aliphatic carbocycles. The maximum Gasteiger partial charge on any atom is 0.252 e. The summed E-state index contributed by atoms with van der Waals surface area (Å²) in [5, 5.41) is 5.48. The molecule has 2 N–H and O–H groups in total. The molecule has 3 aromatic rings. The third kappa shape index (κ3) is 4.58. The van der Waals surface area contributed by atoms with Crippen LogP contribution in [0, 0.1) is 6.57 Å². The fourth-order valence-electron chi connectivity index (χ4n) is 4.00. The van der Waals surface area contributed by atoms with Gasteiger partial charge in [-0.1, -0.05) is 41.4 Å². The van der Waals surface area contributed by atoms with Crippen molar-refractivity contribution in [1.29, 1.82) is 0 Å². The first-order valence-electron chi connectivity index (χ1n) is 10.5. The van der Waals surface area contributed by atoms with E-state index in [4.69, 9.17) is 35.5 Å². The van der Waals surface area contributed by atoms with Crippen molar-refractivity contribution in [1.82, 2.24) is 14.7 Å². The van der Waals surface area contributed by atoms with Crippen LogP contribution in [0.15, 0.2) is 36.4 Å². The third-order valence-electron chi connectivity index (χ3n) is 5.74. The van der Waals surface area contributed by atoms with E-state index in [2.05, 4.69) is 9.94 Å². The Morgan fingerprint density at radius 1 is 1.18 bits per heavy atom. The number of hydrogen-bond donors (Lipinski definition) is 1. The van der Waals surface area contributed by atoms with Crippen molar-refractivity contribution in [3.63, 3.8) is 0 Å². The summed E-state index contributed by atoms with van der Waals surface area (Å²) in [4.78, 5) is 32.4. The van der Waals surface area contributed by atoms with Crippen LogP contribution < -0.4 is 10.6 Å². The zero-order valence-corrected chi connectivity index (χ0v) is 20.2. The molecule has 0 spiro atoms. The molecule has 10 heteroatoms. The molecule has 1 aliphatic rings. The topological polar surface area (TPSA) is 88.8 Å². The number of benzene rings is 2. The Bertz CT molecular complexity index is 1340. The summed E-state index contributed by atoms with van der Waals surface area (Å²) in [6.45, 7) is 8.18. The maximum absolute atomic E-state index is 13.0. The zero-order chi connectivity index (χ0) is 24.6. The molecular weight excluding hydrogens is 475 g/mol. The Morgan fingerprint density at radius 2 is 1.94 bits per heavy atom. The zero-order valence-electron chi connectivity index (χ0n) is 18.7. The lowest BCUT2D eigenvalue weighted by Crippen LogP contribution is -2.40. The fourth-order valence-corrected chi connectivity index (χ4v) is 4.47. The van der Waals surface area contributed by atoms with Crippen molar-refractivity contribution in [2.45, 2.75) is 19.5 Å². The quantitative estimate of drug-likeness (QED) is 0.537. The van der Waals surface area contributed by atoms with Gasteiger partial charge in [0.15, 0.2) is 0 Å². The molecule has 8 nitrogen and oxygen atoms in total. The van der Waals surface area contributed by atoms with Gasteiger partial charge in [0.05, 0.1) is 37.3 Å². The first kappa shape index (κ1) is 23.6. The van der Waals surface area contributed by atoms with Crippen LogP contribution in [0.1, 0.15) is 21.6 Å². The Hall–Kier alpha value is -3.54. The molecule has 0 bridgehead atoms. The van der Waals surface area contributed by atoms with Gasteiger partial charge in [0.1, 0.15) is 5.69 Å². The molecule has 0 saturated heterocycles. The van der Waals surface area contributed by atoms with Crippen LogP contribution in [0.3, 0.4) is 0 Å². The number of halogens is 2. The average Bonchev–Trinajstić information content (AvgIpc) is 3.18. The van der Waals surface area contributed by atoms with Crippen LogP contribution in [0.2, 0.25) is 10.0 Å². The number of aromatic nitrogens is 2. The highest BCUT2D eigenvalue weighted by molar-refractivity contribution is 6.33. The second-order valence-corrected chi connectivity index (χ2v) is 9.08. The van der Waals surface area contributed by atoms with Crippen molar-refractivity contribution in [3.05, 3.63) is 74.7 Å². The summed E-state index contributed by atoms with van der Waals surface area (Å²) < 4.78 is 1.73. The van der Waals surface area contributed by atoms with Crippen LogP contribution in [0.25, 0.3) is 16.1 Å². The van der Waals surface area contributed by atoms with E-state index in [9.17, 15) is 9.59 Å². The molecule has 1 aromatic heterocycles. The Morgan fingerprint density at radius 3 is 2.59 bits per heavy atom. The molecule has 1 aliphatic heterocycles. The first-order chi connectivity index (χ1) is 16.2. The highest BCUT2D eigenvalue weighted by Gasteiger charge is 2.30. The van der Waals surface area contributed by atoms with Crippen LogP contribution >= 0.6 is 23.2 Å². The number of anilines is 1. The van der Waals surface area contributed by atoms with Gasteiger partial charge < -0.3 is 15.5 Å². The van der Waals surface area contributed by atoms with Crippen LogP contribution in [-0.2, 0) is 24.3 Å². The monoisotopic (exact) mass is 496 g/mol. The highest BCUT2D eigenvalue weighted by Crippen LogP contribution is 2.33. The van der Waals surface area contributed by atoms with Gasteiger partial charge in [-0.05, 0) is 23.8 Å². The number of carbonyl (C=O) groups is 2. The minimum atomic E-state index is -0.613. The molecule has 0 atom stereocenters. The Kier molecular flexibility index (Phi) is 6.51. The number of hydrogen-bond acceptors (Lipinski definition) is 4. The number of fused-ring (bicyclic) bond motifs is 1. The highest BCUT2D eigenvalue weighted by atomic mass is 35.5. The van der Waals surface area contributed by atoms with Gasteiger partial charge in [-0.3, -0.25) is 14.3 Å². The van der Waals surface area contributed by atoms with E-state index in [1.54, 1.807) is 33.8 Å². The molecule has 2 aromatic carbocycles. The number of nitrogens with two attached hydrogens (primary N) is 1. The molecule has 0 saturated carbocycles. The molecule has 0 fully saturated rings. The van der Waals surface area contributed by atoms with Crippen molar-refractivity contribution < 1.29 is 9.59 Å². The van der Waals surface area contributed by atoms with Gasteiger partial charge in [-0.2, -0.15) is 5.10 Å². The summed E-state index contributed by atoms with van der Waals surface area (Å²) in [5.41, 5.74) is 9.70. The van der Waals surface area contributed by atoms with Crippen LogP contribution in [0.5, 0.6) is 0 Å². The standard InChI is InChI=1S/C24H22Cl2N6O2/c1-28-19-5-4-14(8-18(19)26)9-21(33)31-6-7-32-20(13-31)22(24(27)34)23(29-32)15-10-16(25)12-17(11-15)30(2)3/h4-5,8,10-12H,6-7,9,13H2,2-3H3,(H2,27,34). The molecule has 4 rings (SSSR count). The summed E-state index contributed by atoms with van der Waals surface area (Å²) in [6.07, 6.45) is 0.130. The first-order valence-corrected chi connectivity index (χ1v) is 11.2. The lowest BCUT2D eigenvalue weighted by molar-refractivity contribution is -0.132. The minimum Gasteiger partial charge on any atom is -0.378 e. The van der Waals surface area contributed by atoms with E-state index in [-0.39, 0.29) is 24.4 Å². The normalized spacial score (nSPS) is 12.7. The summed E-state index contributed by atoms with van der Waals surface area (Å²) in [5.74, 6) is -0.729. The average molecular weight is 497 g/mol. The van der Waals surface area contributed by atoms with E-state index in [0.717, 1.165) is 5.69 Å². The van der Waals surface area contributed by atoms with Gasteiger partial charge in [-0.25, -0.2) is 4.85 Å². The number of primary amides is 1. The second kappa shape index (κ2) is 9.37. The van der Waals surface area contributed by atoms with E-state index >= 15 is 0 Å². The van der Waals surface area contributed by atoms with Gasteiger partial charge in [0, 0.05) is 41.9 Å². The van der Waals surface area contributed by atoms with Gasteiger partial charge in [0.25, 0.3) is 5.91 Å².